The number of benzene rings is 2. The Bertz CT molecular complexity index is 1100. The molecule has 0 aliphatic carbocycles. The zero-order valence-electron chi connectivity index (χ0n) is 13.5. The number of pyridine rings is 1. The van der Waals surface area contributed by atoms with Crippen molar-refractivity contribution in [3.63, 3.8) is 0 Å². The molecule has 6 heteroatoms. The summed E-state index contributed by atoms with van der Waals surface area (Å²) in [6.45, 7) is 0. The lowest BCUT2D eigenvalue weighted by molar-refractivity contribution is 0.575. The average molecular weight is 382 g/mol. The highest BCUT2D eigenvalue weighted by Gasteiger charge is 2.08. The van der Waals surface area contributed by atoms with E-state index in [0.717, 1.165) is 22.2 Å². The third-order valence-electron chi connectivity index (χ3n) is 3.83. The average Bonchev–Trinajstić information content (AvgIpc) is 3.10. The van der Waals surface area contributed by atoms with Gasteiger partial charge in [-0.15, -0.1) is 0 Å². The first-order valence-corrected chi connectivity index (χ1v) is 8.64. The summed E-state index contributed by atoms with van der Waals surface area (Å²) in [5, 5.41) is 6.41. The highest BCUT2D eigenvalue weighted by atomic mass is 35.5. The van der Waals surface area contributed by atoms with Crippen LogP contribution in [0, 0.1) is 0 Å². The first-order chi connectivity index (χ1) is 12.7. The number of aromatic nitrogens is 1. The third-order valence-corrected chi connectivity index (χ3v) is 4.38. The van der Waals surface area contributed by atoms with Crippen LogP contribution in [-0.4, -0.2) is 11.2 Å². The number of hydrazone groups is 1. The second-order valence-electron chi connectivity index (χ2n) is 5.58. The van der Waals surface area contributed by atoms with E-state index in [1.165, 1.54) is 0 Å². The fourth-order valence-corrected chi connectivity index (χ4v) is 3.12. The molecule has 0 bridgehead atoms. The Balaban J connectivity index is 1.54. The molecule has 128 valence electrons. The van der Waals surface area contributed by atoms with E-state index in [-0.39, 0.29) is 0 Å². The maximum atomic E-state index is 6.22. The summed E-state index contributed by atoms with van der Waals surface area (Å²) in [4.78, 5) is 4.38. The van der Waals surface area contributed by atoms with E-state index in [2.05, 4.69) is 15.5 Å². The summed E-state index contributed by atoms with van der Waals surface area (Å²) in [7, 11) is 0. The molecule has 2 heterocycles. The number of hydrogen-bond donors (Lipinski definition) is 1. The summed E-state index contributed by atoms with van der Waals surface area (Å²) in [6, 6.07) is 18.7. The van der Waals surface area contributed by atoms with Crippen molar-refractivity contribution in [2.45, 2.75) is 0 Å². The van der Waals surface area contributed by atoms with Crippen LogP contribution >= 0.6 is 23.2 Å². The molecule has 0 amide bonds. The van der Waals surface area contributed by atoms with Crippen molar-refractivity contribution in [2.24, 2.45) is 5.10 Å². The van der Waals surface area contributed by atoms with Gasteiger partial charge in [0, 0.05) is 22.2 Å². The van der Waals surface area contributed by atoms with Crippen LogP contribution in [0.3, 0.4) is 0 Å². The van der Waals surface area contributed by atoms with E-state index in [0.29, 0.717) is 21.6 Å². The molecule has 0 aliphatic rings. The molecule has 4 nitrogen and oxygen atoms in total. The standard InChI is InChI=1S/C20H13Cl2N3O/c21-14-6-8-16(17(22)11-14)19-9-7-15(26-19)12-24-25-18-5-1-3-13-4-2-10-23-20(13)18/h1-12,25H/b24-12+. The maximum absolute atomic E-state index is 6.22. The van der Waals surface area contributed by atoms with Gasteiger partial charge in [-0.2, -0.15) is 5.10 Å². The quantitative estimate of drug-likeness (QED) is 0.335. The molecule has 4 aromatic rings. The number of halogens is 2. The summed E-state index contributed by atoms with van der Waals surface area (Å²) in [5.41, 5.74) is 5.47. The molecule has 4 rings (SSSR count). The van der Waals surface area contributed by atoms with Gasteiger partial charge in [0.25, 0.3) is 0 Å². The predicted octanol–water partition coefficient (Wildman–Crippen LogP) is 6.25. The Morgan fingerprint density at radius 3 is 2.77 bits per heavy atom. The van der Waals surface area contributed by atoms with Gasteiger partial charge in [-0.05, 0) is 42.5 Å². The van der Waals surface area contributed by atoms with Gasteiger partial charge < -0.3 is 4.42 Å². The van der Waals surface area contributed by atoms with Gasteiger partial charge in [-0.25, -0.2) is 0 Å². The van der Waals surface area contributed by atoms with Crippen molar-refractivity contribution in [2.75, 3.05) is 5.43 Å². The summed E-state index contributed by atoms with van der Waals surface area (Å²) >= 11 is 12.1. The summed E-state index contributed by atoms with van der Waals surface area (Å²) in [6.07, 6.45) is 3.36. The Morgan fingerprint density at radius 2 is 1.88 bits per heavy atom. The Kier molecular flexibility index (Phi) is 4.61. The first kappa shape index (κ1) is 16.6. The molecule has 0 unspecified atom stereocenters. The molecule has 0 radical (unpaired) electrons. The number of furan rings is 1. The van der Waals surface area contributed by atoms with Crippen molar-refractivity contribution < 1.29 is 4.42 Å². The topological polar surface area (TPSA) is 50.4 Å². The van der Waals surface area contributed by atoms with E-state index in [4.69, 9.17) is 27.6 Å². The molecule has 0 saturated heterocycles. The van der Waals surface area contributed by atoms with Crippen LogP contribution in [0.5, 0.6) is 0 Å². The van der Waals surface area contributed by atoms with E-state index >= 15 is 0 Å². The Hall–Kier alpha value is -2.82. The van der Waals surface area contributed by atoms with Gasteiger partial charge in [-0.3, -0.25) is 10.4 Å². The molecule has 0 aliphatic heterocycles. The normalized spacial score (nSPS) is 11.3. The third kappa shape index (κ3) is 3.43. The summed E-state index contributed by atoms with van der Waals surface area (Å²) in [5.74, 6) is 1.26. The fourth-order valence-electron chi connectivity index (χ4n) is 2.62. The van der Waals surface area contributed by atoms with E-state index in [1.54, 1.807) is 24.5 Å². The number of anilines is 1. The van der Waals surface area contributed by atoms with Gasteiger partial charge in [0.2, 0.25) is 0 Å². The molecular weight excluding hydrogens is 369 g/mol. The number of nitrogens with zero attached hydrogens (tertiary/aromatic N) is 2. The van der Waals surface area contributed by atoms with Gasteiger partial charge in [-0.1, -0.05) is 41.4 Å². The molecule has 0 saturated carbocycles. The van der Waals surface area contributed by atoms with Crippen LogP contribution in [0.1, 0.15) is 5.76 Å². The fraction of sp³-hybridized carbons (Fsp3) is 0. The molecule has 1 N–H and O–H groups in total. The van der Waals surface area contributed by atoms with Crippen LogP contribution < -0.4 is 5.43 Å². The molecule has 0 spiro atoms. The summed E-state index contributed by atoms with van der Waals surface area (Å²) < 4.78 is 5.78. The van der Waals surface area contributed by atoms with Crippen molar-refractivity contribution in [3.8, 4) is 11.3 Å². The van der Waals surface area contributed by atoms with Crippen molar-refractivity contribution in [1.29, 1.82) is 0 Å². The van der Waals surface area contributed by atoms with Crippen LogP contribution in [0.25, 0.3) is 22.2 Å². The lowest BCUT2D eigenvalue weighted by Crippen LogP contribution is -1.92. The van der Waals surface area contributed by atoms with E-state index in [1.807, 2.05) is 48.5 Å². The monoisotopic (exact) mass is 381 g/mol. The smallest absolute Gasteiger partial charge is 0.147 e. The van der Waals surface area contributed by atoms with E-state index in [9.17, 15) is 0 Å². The lowest BCUT2D eigenvalue weighted by Gasteiger charge is -2.03. The molecular formula is C20H13Cl2N3O. The second kappa shape index (κ2) is 7.20. The van der Waals surface area contributed by atoms with Crippen LogP contribution in [-0.2, 0) is 0 Å². The molecule has 2 aromatic carbocycles. The van der Waals surface area contributed by atoms with E-state index < -0.39 is 0 Å². The first-order valence-electron chi connectivity index (χ1n) is 7.89. The van der Waals surface area contributed by atoms with Crippen LogP contribution in [0.2, 0.25) is 10.0 Å². The van der Waals surface area contributed by atoms with Gasteiger partial charge >= 0.3 is 0 Å². The number of para-hydroxylation sites is 1. The number of rotatable bonds is 4. The largest absolute Gasteiger partial charge is 0.455 e. The number of hydrogen-bond acceptors (Lipinski definition) is 4. The molecule has 26 heavy (non-hydrogen) atoms. The Labute approximate surface area is 160 Å². The SMILES string of the molecule is Clc1ccc(-c2ccc(/C=N/Nc3cccc4cccnc34)o2)c(Cl)c1. The Morgan fingerprint density at radius 1 is 1.00 bits per heavy atom. The number of nitrogens with one attached hydrogen (secondary N) is 1. The molecule has 0 atom stereocenters. The minimum atomic E-state index is 0.537. The second-order valence-corrected chi connectivity index (χ2v) is 6.42. The van der Waals surface area contributed by atoms with Crippen molar-refractivity contribution >= 4 is 46.0 Å². The predicted molar refractivity (Wildman–Crippen MR) is 107 cm³/mol. The lowest BCUT2D eigenvalue weighted by atomic mass is 10.2. The van der Waals surface area contributed by atoms with Gasteiger partial charge in [0.1, 0.15) is 11.5 Å². The highest BCUT2D eigenvalue weighted by Crippen LogP contribution is 2.31. The minimum absolute atomic E-state index is 0.537. The zero-order valence-corrected chi connectivity index (χ0v) is 15.0. The van der Waals surface area contributed by atoms with Crippen LogP contribution in [0.4, 0.5) is 5.69 Å². The molecule has 0 fully saturated rings. The number of fused-ring (bicyclic) bond motifs is 1. The van der Waals surface area contributed by atoms with Gasteiger partial charge in [0.05, 0.1) is 22.4 Å². The zero-order chi connectivity index (χ0) is 17.9. The highest BCUT2D eigenvalue weighted by molar-refractivity contribution is 6.36. The van der Waals surface area contributed by atoms with Gasteiger partial charge in [0.15, 0.2) is 0 Å². The molecule has 2 aromatic heterocycles. The minimum Gasteiger partial charge on any atom is -0.455 e. The van der Waals surface area contributed by atoms with Crippen molar-refractivity contribution in [1.82, 2.24) is 4.98 Å². The van der Waals surface area contributed by atoms with Crippen LogP contribution in [0.15, 0.2) is 76.4 Å². The maximum Gasteiger partial charge on any atom is 0.147 e. The van der Waals surface area contributed by atoms with Crippen molar-refractivity contribution in [3.05, 3.63) is 82.7 Å².